The van der Waals surface area contributed by atoms with Crippen LogP contribution in [0.25, 0.3) is 10.8 Å². The molecule has 0 spiro atoms. The van der Waals surface area contributed by atoms with Gasteiger partial charge in [-0.05, 0) is 25.0 Å². The number of hydrogen-bond acceptors (Lipinski definition) is 3. The number of fused-ring (bicyclic) bond motifs is 1. The molecule has 20 heavy (non-hydrogen) atoms. The highest BCUT2D eigenvalue weighted by Crippen LogP contribution is 2.34. The van der Waals surface area contributed by atoms with Gasteiger partial charge in [0.2, 0.25) is 0 Å². The molecule has 0 radical (unpaired) electrons. The fraction of sp³-hybridized carbons (Fsp3) is 0.333. The SMILES string of the molecule is O=C(O)CC1CCCN1c1nccc2c(Br)cccc12. The van der Waals surface area contributed by atoms with E-state index in [2.05, 4.69) is 25.8 Å². The van der Waals surface area contributed by atoms with Gasteiger partial charge in [-0.25, -0.2) is 4.98 Å². The Balaban J connectivity index is 2.05. The summed E-state index contributed by atoms with van der Waals surface area (Å²) in [6, 6.07) is 8.05. The van der Waals surface area contributed by atoms with Gasteiger partial charge >= 0.3 is 5.97 Å². The summed E-state index contributed by atoms with van der Waals surface area (Å²) < 4.78 is 1.03. The summed E-state index contributed by atoms with van der Waals surface area (Å²) in [5.74, 6) is 0.149. The molecule has 0 amide bonds. The average Bonchev–Trinajstić information content (AvgIpc) is 2.86. The van der Waals surface area contributed by atoms with E-state index in [4.69, 9.17) is 5.11 Å². The Labute approximate surface area is 125 Å². The summed E-state index contributed by atoms with van der Waals surface area (Å²) in [7, 11) is 0. The van der Waals surface area contributed by atoms with Gasteiger partial charge in [-0.1, -0.05) is 28.1 Å². The second-order valence-electron chi connectivity index (χ2n) is 5.06. The maximum atomic E-state index is 11.0. The average molecular weight is 335 g/mol. The van der Waals surface area contributed by atoms with E-state index >= 15 is 0 Å². The number of carboxylic acid groups (broad SMARTS) is 1. The van der Waals surface area contributed by atoms with E-state index < -0.39 is 5.97 Å². The van der Waals surface area contributed by atoms with Crippen molar-refractivity contribution >= 4 is 38.5 Å². The topological polar surface area (TPSA) is 53.4 Å². The second-order valence-corrected chi connectivity index (χ2v) is 5.91. The summed E-state index contributed by atoms with van der Waals surface area (Å²) in [6.45, 7) is 0.872. The van der Waals surface area contributed by atoms with Crippen LogP contribution in [0.15, 0.2) is 34.9 Å². The fourth-order valence-electron chi connectivity index (χ4n) is 2.91. The van der Waals surface area contributed by atoms with Gasteiger partial charge in [-0.3, -0.25) is 4.79 Å². The van der Waals surface area contributed by atoms with Crippen LogP contribution in [0.5, 0.6) is 0 Å². The normalized spacial score (nSPS) is 18.6. The number of anilines is 1. The molecule has 0 bridgehead atoms. The molecular formula is C15H15BrN2O2. The molecule has 1 unspecified atom stereocenters. The first kappa shape index (κ1) is 13.4. The van der Waals surface area contributed by atoms with Gasteiger partial charge in [0.05, 0.1) is 6.42 Å². The summed E-state index contributed by atoms with van der Waals surface area (Å²) in [4.78, 5) is 17.6. The van der Waals surface area contributed by atoms with E-state index in [1.165, 1.54) is 0 Å². The van der Waals surface area contributed by atoms with Crippen molar-refractivity contribution < 1.29 is 9.90 Å². The first-order valence-electron chi connectivity index (χ1n) is 6.68. The molecule has 1 atom stereocenters. The van der Waals surface area contributed by atoms with E-state index in [9.17, 15) is 4.79 Å². The lowest BCUT2D eigenvalue weighted by molar-refractivity contribution is -0.137. The molecule has 104 valence electrons. The number of carboxylic acids is 1. The predicted molar refractivity (Wildman–Crippen MR) is 82.1 cm³/mol. The number of halogens is 1. The van der Waals surface area contributed by atoms with Crippen LogP contribution in [0.3, 0.4) is 0 Å². The lowest BCUT2D eigenvalue weighted by Gasteiger charge is -2.25. The van der Waals surface area contributed by atoms with Crippen molar-refractivity contribution in [1.29, 1.82) is 0 Å². The van der Waals surface area contributed by atoms with Gasteiger partial charge in [0, 0.05) is 34.0 Å². The van der Waals surface area contributed by atoms with Crippen LogP contribution >= 0.6 is 15.9 Å². The van der Waals surface area contributed by atoms with Crippen molar-refractivity contribution in [3.63, 3.8) is 0 Å². The maximum absolute atomic E-state index is 11.0. The molecule has 1 N–H and O–H groups in total. The van der Waals surface area contributed by atoms with Gasteiger partial charge in [-0.2, -0.15) is 0 Å². The zero-order chi connectivity index (χ0) is 14.1. The standard InChI is InChI=1S/C15H15BrN2O2/c16-13-5-1-4-12-11(13)6-7-17-15(12)18-8-2-3-10(18)9-14(19)20/h1,4-7,10H,2-3,8-9H2,(H,19,20). The second kappa shape index (κ2) is 5.40. The van der Waals surface area contributed by atoms with Crippen molar-refractivity contribution in [3.05, 3.63) is 34.9 Å². The minimum atomic E-state index is -0.747. The molecule has 1 fully saturated rings. The summed E-state index contributed by atoms with van der Waals surface area (Å²) >= 11 is 3.55. The molecule has 0 aliphatic carbocycles. The highest BCUT2D eigenvalue weighted by Gasteiger charge is 2.28. The van der Waals surface area contributed by atoms with E-state index in [1.54, 1.807) is 6.20 Å². The Morgan fingerprint density at radius 2 is 2.25 bits per heavy atom. The number of benzene rings is 1. The Morgan fingerprint density at radius 3 is 3.05 bits per heavy atom. The van der Waals surface area contributed by atoms with Crippen LogP contribution in [0.1, 0.15) is 19.3 Å². The van der Waals surface area contributed by atoms with Crippen molar-refractivity contribution in [3.8, 4) is 0 Å². The minimum absolute atomic E-state index is 0.0459. The van der Waals surface area contributed by atoms with Gasteiger partial charge in [0.1, 0.15) is 5.82 Å². The molecule has 1 aromatic heterocycles. The van der Waals surface area contributed by atoms with E-state index in [-0.39, 0.29) is 12.5 Å². The lowest BCUT2D eigenvalue weighted by Crippen LogP contribution is -2.32. The molecule has 1 aromatic carbocycles. The van der Waals surface area contributed by atoms with E-state index in [0.29, 0.717) is 0 Å². The van der Waals surface area contributed by atoms with Crippen LogP contribution in [0.2, 0.25) is 0 Å². The fourth-order valence-corrected chi connectivity index (χ4v) is 3.41. The molecule has 2 aromatic rings. The number of hydrogen-bond donors (Lipinski definition) is 1. The maximum Gasteiger partial charge on any atom is 0.305 e. The largest absolute Gasteiger partial charge is 0.481 e. The zero-order valence-corrected chi connectivity index (χ0v) is 12.5. The van der Waals surface area contributed by atoms with E-state index in [0.717, 1.165) is 40.4 Å². The predicted octanol–water partition coefficient (Wildman–Crippen LogP) is 3.44. The smallest absolute Gasteiger partial charge is 0.305 e. The molecule has 1 saturated heterocycles. The quantitative estimate of drug-likeness (QED) is 0.934. The molecule has 1 aliphatic rings. The third-order valence-corrected chi connectivity index (χ3v) is 4.48. The minimum Gasteiger partial charge on any atom is -0.481 e. The van der Waals surface area contributed by atoms with Crippen molar-refractivity contribution in [2.45, 2.75) is 25.3 Å². The zero-order valence-electron chi connectivity index (χ0n) is 10.9. The Bertz CT molecular complexity index is 659. The molecule has 5 heteroatoms. The van der Waals surface area contributed by atoms with Crippen LogP contribution in [-0.2, 0) is 4.79 Å². The van der Waals surface area contributed by atoms with Crippen LogP contribution in [0, 0.1) is 0 Å². The lowest BCUT2D eigenvalue weighted by atomic mass is 10.1. The summed E-state index contributed by atoms with van der Waals surface area (Å²) in [5.41, 5.74) is 0. The van der Waals surface area contributed by atoms with Gasteiger partial charge in [0.15, 0.2) is 0 Å². The van der Waals surface area contributed by atoms with Crippen molar-refractivity contribution in [1.82, 2.24) is 4.98 Å². The Kier molecular flexibility index (Phi) is 3.61. The van der Waals surface area contributed by atoms with Gasteiger partial charge in [0.25, 0.3) is 0 Å². The molecule has 0 saturated carbocycles. The molecule has 1 aliphatic heterocycles. The van der Waals surface area contributed by atoms with Gasteiger partial charge in [-0.15, -0.1) is 0 Å². The van der Waals surface area contributed by atoms with Crippen molar-refractivity contribution in [2.24, 2.45) is 0 Å². The molecule has 3 rings (SSSR count). The van der Waals surface area contributed by atoms with Crippen LogP contribution in [0.4, 0.5) is 5.82 Å². The number of carbonyl (C=O) groups is 1. The summed E-state index contributed by atoms with van der Waals surface area (Å²) in [5, 5.41) is 11.2. The van der Waals surface area contributed by atoms with Crippen LogP contribution in [-0.4, -0.2) is 28.6 Å². The first-order valence-corrected chi connectivity index (χ1v) is 7.48. The number of aliphatic carboxylic acids is 1. The summed E-state index contributed by atoms with van der Waals surface area (Å²) in [6.07, 6.45) is 3.90. The van der Waals surface area contributed by atoms with E-state index in [1.807, 2.05) is 24.3 Å². The Hall–Kier alpha value is -1.62. The number of rotatable bonds is 3. The third kappa shape index (κ3) is 2.38. The van der Waals surface area contributed by atoms with Crippen LogP contribution < -0.4 is 4.90 Å². The number of nitrogens with zero attached hydrogens (tertiary/aromatic N) is 2. The number of pyridine rings is 1. The highest BCUT2D eigenvalue weighted by atomic mass is 79.9. The molecular weight excluding hydrogens is 320 g/mol. The molecule has 4 nitrogen and oxygen atoms in total. The first-order chi connectivity index (χ1) is 9.66. The van der Waals surface area contributed by atoms with Gasteiger partial charge < -0.3 is 10.0 Å². The number of aromatic nitrogens is 1. The monoisotopic (exact) mass is 334 g/mol. The Morgan fingerprint density at radius 1 is 1.40 bits per heavy atom. The van der Waals surface area contributed by atoms with Crippen molar-refractivity contribution in [2.75, 3.05) is 11.4 Å². The molecule has 2 heterocycles. The third-order valence-electron chi connectivity index (χ3n) is 3.79. The highest BCUT2D eigenvalue weighted by molar-refractivity contribution is 9.10.